The predicted octanol–water partition coefficient (Wildman–Crippen LogP) is 2.17. The number of hydrogen-bond acceptors (Lipinski definition) is 2. The Labute approximate surface area is 102 Å². The summed E-state index contributed by atoms with van der Waals surface area (Å²) in [6.07, 6.45) is 2.72. The second kappa shape index (κ2) is 5.31. The predicted molar refractivity (Wildman–Crippen MR) is 70.1 cm³/mol. The summed E-state index contributed by atoms with van der Waals surface area (Å²) in [5.74, 6) is 0. The fourth-order valence-corrected chi connectivity index (χ4v) is 2.59. The minimum Gasteiger partial charge on any atom is -0.305 e. The van der Waals surface area contributed by atoms with Crippen molar-refractivity contribution in [3.63, 3.8) is 0 Å². The third-order valence-corrected chi connectivity index (χ3v) is 4.01. The molecule has 2 nitrogen and oxygen atoms in total. The minimum atomic E-state index is 0.656. The van der Waals surface area contributed by atoms with Gasteiger partial charge >= 0.3 is 0 Å². The maximum absolute atomic E-state index is 2.55. The number of hydrogen-bond donors (Lipinski definition) is 0. The summed E-state index contributed by atoms with van der Waals surface area (Å²) in [4.78, 5) is 4.90. The lowest BCUT2D eigenvalue weighted by atomic mass is 10.1. The Bertz CT molecular complexity index is 125. The maximum Gasteiger partial charge on any atom is 0.114 e. The van der Waals surface area contributed by atoms with E-state index in [2.05, 4.69) is 69.1 Å². The van der Waals surface area contributed by atoms with Crippen molar-refractivity contribution in [1.82, 2.24) is 9.80 Å². The van der Waals surface area contributed by atoms with Gasteiger partial charge in [-0.1, -0.05) is 45.2 Å². The van der Waals surface area contributed by atoms with Crippen molar-refractivity contribution < 1.29 is 0 Å². The highest BCUT2D eigenvalue weighted by molar-refractivity contribution is 14.2. The SMILES string of the molecule is CN(C)C1CCCN(C(I)I)C1. The molecule has 0 aromatic heterocycles. The van der Waals surface area contributed by atoms with Crippen LogP contribution in [0.2, 0.25) is 0 Å². The van der Waals surface area contributed by atoms with Gasteiger partial charge in [-0.05, 0) is 33.5 Å². The molecule has 0 amide bonds. The van der Waals surface area contributed by atoms with Crippen LogP contribution in [0.4, 0.5) is 0 Å². The molecule has 0 radical (unpaired) electrons. The van der Waals surface area contributed by atoms with Gasteiger partial charge in [0.15, 0.2) is 0 Å². The van der Waals surface area contributed by atoms with E-state index < -0.39 is 0 Å². The number of rotatable bonds is 2. The molecule has 1 unspecified atom stereocenters. The molecule has 0 saturated carbocycles. The van der Waals surface area contributed by atoms with Crippen LogP contribution in [-0.4, -0.2) is 45.1 Å². The van der Waals surface area contributed by atoms with Crippen LogP contribution < -0.4 is 0 Å². The first kappa shape index (κ1) is 11.5. The highest BCUT2D eigenvalue weighted by atomic mass is 127. The molecule has 1 atom stereocenters. The summed E-state index contributed by atoms with van der Waals surface area (Å²) in [5.41, 5.74) is 0. The summed E-state index contributed by atoms with van der Waals surface area (Å²) >= 11 is 4.98. The van der Waals surface area contributed by atoms with Crippen molar-refractivity contribution in [1.29, 1.82) is 0 Å². The lowest BCUT2D eigenvalue weighted by Gasteiger charge is -2.36. The van der Waals surface area contributed by atoms with Crippen LogP contribution >= 0.6 is 45.2 Å². The zero-order valence-electron chi connectivity index (χ0n) is 7.63. The van der Waals surface area contributed by atoms with E-state index in [1.165, 1.54) is 25.9 Å². The molecule has 72 valence electrons. The fraction of sp³-hybridized carbons (Fsp3) is 1.00. The van der Waals surface area contributed by atoms with E-state index in [0.29, 0.717) is 2.06 Å². The van der Waals surface area contributed by atoms with Crippen molar-refractivity contribution in [2.75, 3.05) is 27.2 Å². The molecule has 1 aliphatic rings. The Hall–Kier alpha value is 1.38. The normalized spacial score (nSPS) is 27.0. The highest BCUT2D eigenvalue weighted by Gasteiger charge is 2.23. The largest absolute Gasteiger partial charge is 0.305 e. The Morgan fingerprint density at radius 3 is 2.58 bits per heavy atom. The zero-order chi connectivity index (χ0) is 9.14. The number of halogens is 2. The first-order valence-electron chi connectivity index (χ1n) is 4.30. The van der Waals surface area contributed by atoms with Crippen LogP contribution in [0.3, 0.4) is 0 Å². The molecule has 0 N–H and O–H groups in total. The first-order valence-corrected chi connectivity index (χ1v) is 6.79. The van der Waals surface area contributed by atoms with Crippen LogP contribution in [0.15, 0.2) is 0 Å². The molecule has 1 saturated heterocycles. The molecular formula is C8H16I2N2. The number of likely N-dealkylation sites (N-methyl/N-ethyl adjacent to an activating group) is 1. The van der Waals surface area contributed by atoms with E-state index in [-0.39, 0.29) is 0 Å². The lowest BCUT2D eigenvalue weighted by molar-refractivity contribution is 0.150. The number of piperidine rings is 1. The molecule has 0 aromatic rings. The van der Waals surface area contributed by atoms with E-state index in [1.54, 1.807) is 0 Å². The van der Waals surface area contributed by atoms with Crippen molar-refractivity contribution in [2.45, 2.75) is 20.9 Å². The van der Waals surface area contributed by atoms with Gasteiger partial charge in [0.2, 0.25) is 0 Å². The highest BCUT2D eigenvalue weighted by Crippen LogP contribution is 2.22. The van der Waals surface area contributed by atoms with E-state index in [0.717, 1.165) is 6.04 Å². The van der Waals surface area contributed by atoms with Gasteiger partial charge < -0.3 is 4.90 Å². The van der Waals surface area contributed by atoms with Gasteiger partial charge in [-0.15, -0.1) is 0 Å². The van der Waals surface area contributed by atoms with Crippen molar-refractivity contribution in [3.8, 4) is 0 Å². The molecule has 1 heterocycles. The second-order valence-electron chi connectivity index (χ2n) is 3.53. The Kier molecular flexibility index (Phi) is 5.07. The molecular weight excluding hydrogens is 378 g/mol. The fourth-order valence-electron chi connectivity index (χ4n) is 1.58. The number of alkyl halides is 2. The molecule has 4 heteroatoms. The zero-order valence-corrected chi connectivity index (χ0v) is 11.9. The smallest absolute Gasteiger partial charge is 0.114 e. The van der Waals surface area contributed by atoms with E-state index in [9.17, 15) is 0 Å². The average molecular weight is 394 g/mol. The Balaban J connectivity index is 2.40. The summed E-state index contributed by atoms with van der Waals surface area (Å²) in [7, 11) is 4.37. The standard InChI is InChI=1S/C8H16I2N2/c1-11(2)7-4-3-5-12(6-7)8(9)10/h7-8H,3-6H2,1-2H3. The van der Waals surface area contributed by atoms with Gasteiger partial charge in [-0.25, -0.2) is 0 Å². The number of nitrogens with zero attached hydrogens (tertiary/aromatic N) is 2. The van der Waals surface area contributed by atoms with Crippen molar-refractivity contribution >= 4 is 45.2 Å². The summed E-state index contributed by atoms with van der Waals surface area (Å²) in [6.45, 7) is 2.52. The molecule has 0 aromatic carbocycles. The molecule has 1 rings (SSSR count). The van der Waals surface area contributed by atoms with E-state index in [1.807, 2.05) is 0 Å². The first-order chi connectivity index (χ1) is 5.61. The summed E-state index contributed by atoms with van der Waals surface area (Å²) < 4.78 is 0.656. The van der Waals surface area contributed by atoms with Gasteiger partial charge in [0, 0.05) is 12.6 Å². The maximum atomic E-state index is 2.55. The van der Waals surface area contributed by atoms with E-state index >= 15 is 0 Å². The third-order valence-electron chi connectivity index (χ3n) is 2.43. The summed E-state index contributed by atoms with van der Waals surface area (Å²) in [6, 6.07) is 0.769. The van der Waals surface area contributed by atoms with Gasteiger partial charge in [-0.2, -0.15) is 0 Å². The second-order valence-corrected chi connectivity index (χ2v) is 8.28. The quantitative estimate of drug-likeness (QED) is 0.403. The van der Waals surface area contributed by atoms with Gasteiger partial charge in [0.25, 0.3) is 0 Å². The third kappa shape index (κ3) is 3.26. The van der Waals surface area contributed by atoms with Crippen LogP contribution in [0.25, 0.3) is 0 Å². The lowest BCUT2D eigenvalue weighted by Crippen LogP contribution is -2.46. The molecule has 1 fully saturated rings. The van der Waals surface area contributed by atoms with Crippen molar-refractivity contribution in [3.05, 3.63) is 0 Å². The number of likely N-dealkylation sites (tertiary alicyclic amines) is 1. The monoisotopic (exact) mass is 394 g/mol. The van der Waals surface area contributed by atoms with Gasteiger partial charge in [0.05, 0.1) is 0 Å². The van der Waals surface area contributed by atoms with Crippen molar-refractivity contribution in [2.24, 2.45) is 0 Å². The van der Waals surface area contributed by atoms with E-state index in [4.69, 9.17) is 0 Å². The molecule has 0 spiro atoms. The minimum absolute atomic E-state index is 0.656. The molecule has 12 heavy (non-hydrogen) atoms. The summed E-state index contributed by atoms with van der Waals surface area (Å²) in [5, 5.41) is 0. The average Bonchev–Trinajstić information content (AvgIpc) is 2.04. The van der Waals surface area contributed by atoms with Crippen LogP contribution in [0.5, 0.6) is 0 Å². The van der Waals surface area contributed by atoms with Crippen LogP contribution in [-0.2, 0) is 0 Å². The van der Waals surface area contributed by atoms with Gasteiger partial charge in [0.1, 0.15) is 2.06 Å². The molecule has 0 aliphatic carbocycles. The van der Waals surface area contributed by atoms with Crippen LogP contribution in [0.1, 0.15) is 12.8 Å². The molecule has 0 bridgehead atoms. The topological polar surface area (TPSA) is 6.48 Å². The van der Waals surface area contributed by atoms with Gasteiger partial charge in [-0.3, -0.25) is 4.90 Å². The molecule has 1 aliphatic heterocycles. The van der Waals surface area contributed by atoms with Crippen LogP contribution in [0, 0.1) is 0 Å². The Morgan fingerprint density at radius 1 is 1.42 bits per heavy atom. The Morgan fingerprint density at radius 2 is 2.08 bits per heavy atom.